The van der Waals surface area contributed by atoms with Gasteiger partial charge in [-0.3, -0.25) is 0 Å². The minimum Gasteiger partial charge on any atom is -0.345 e. The number of hydrogen-bond acceptors (Lipinski definition) is 4. The smallest absolute Gasteiger partial charge is 0.163 e. The third-order valence-electron chi connectivity index (χ3n) is 14.7. The van der Waals surface area contributed by atoms with Gasteiger partial charge < -0.3 is 18.9 Å². The zero-order chi connectivity index (χ0) is 21.7. The monoisotopic (exact) mass is 438 g/mol. The van der Waals surface area contributed by atoms with E-state index in [9.17, 15) is 0 Å². The molecule has 2 aliphatic heterocycles. The molecule has 8 bridgehead atoms. The van der Waals surface area contributed by atoms with Crippen molar-refractivity contribution in [3.8, 4) is 0 Å². The van der Waals surface area contributed by atoms with Crippen molar-refractivity contribution in [1.29, 1.82) is 0 Å². The fraction of sp³-hybridized carbons (Fsp3) is 1.00. The first kappa shape index (κ1) is 18.2. The molecule has 4 nitrogen and oxygen atoms in total. The first-order valence-electron chi connectivity index (χ1n) is 13.6. The van der Waals surface area contributed by atoms with Gasteiger partial charge in [-0.2, -0.15) is 0 Å². The standard InChI is InChI=1S/C28H38O4/c1-21(2)29-15-8-27-16-13-7-14(18(15)30-21)28(27,17(13)20-19(16)31-22(3,4)32-20)26-11-23(5)9-25(26,27)10-24(23,6)12-26/h13-20H,7-12H2,1-6H3. The summed E-state index contributed by atoms with van der Waals surface area (Å²) in [4.78, 5) is 0. The summed E-state index contributed by atoms with van der Waals surface area (Å²) in [6, 6.07) is 0. The third-order valence-corrected chi connectivity index (χ3v) is 14.7. The van der Waals surface area contributed by atoms with Crippen molar-refractivity contribution in [2.45, 2.75) is 116 Å². The highest BCUT2D eigenvalue weighted by Crippen LogP contribution is 3.10. The average Bonchev–Trinajstić information content (AvgIpc) is 3.45. The van der Waals surface area contributed by atoms with Crippen LogP contribution in [0.2, 0.25) is 0 Å². The molecule has 32 heavy (non-hydrogen) atoms. The molecule has 3 spiro atoms. The lowest BCUT2D eigenvalue weighted by Gasteiger charge is -2.85. The molecule has 2 heterocycles. The van der Waals surface area contributed by atoms with Crippen molar-refractivity contribution in [2.24, 2.45) is 56.2 Å². The molecule has 9 saturated carbocycles. The highest BCUT2D eigenvalue weighted by molar-refractivity contribution is 5.54. The fourth-order valence-electron chi connectivity index (χ4n) is 15.5. The van der Waals surface area contributed by atoms with Crippen molar-refractivity contribution < 1.29 is 18.9 Å². The van der Waals surface area contributed by atoms with Gasteiger partial charge in [-0.25, -0.2) is 0 Å². The Kier molecular flexibility index (Phi) is 2.33. The normalized spacial score (nSPS) is 77.1. The quantitative estimate of drug-likeness (QED) is 0.539. The Labute approximate surface area is 191 Å². The number of ether oxygens (including phenoxy) is 4. The molecular weight excluding hydrogens is 400 g/mol. The maximum absolute atomic E-state index is 6.80. The van der Waals surface area contributed by atoms with Gasteiger partial charge in [-0.05, 0) is 122 Å². The van der Waals surface area contributed by atoms with Crippen LogP contribution < -0.4 is 0 Å². The fourth-order valence-corrected chi connectivity index (χ4v) is 15.5. The molecule has 0 aromatic rings. The summed E-state index contributed by atoms with van der Waals surface area (Å²) in [5, 5.41) is 0. The van der Waals surface area contributed by atoms with Crippen LogP contribution in [0, 0.1) is 56.2 Å². The van der Waals surface area contributed by atoms with Crippen LogP contribution in [0.1, 0.15) is 80.1 Å². The van der Waals surface area contributed by atoms with Crippen LogP contribution in [0.25, 0.3) is 0 Å². The molecule has 0 aromatic heterocycles. The molecule has 0 aromatic carbocycles. The van der Waals surface area contributed by atoms with E-state index in [1.807, 2.05) is 0 Å². The van der Waals surface area contributed by atoms with Crippen LogP contribution in [-0.2, 0) is 18.9 Å². The number of fused-ring (bicyclic) bond motifs is 4. The van der Waals surface area contributed by atoms with Gasteiger partial charge in [-0.15, -0.1) is 0 Å². The molecule has 0 N–H and O–H groups in total. The summed E-state index contributed by atoms with van der Waals surface area (Å²) in [7, 11) is 0. The Morgan fingerprint density at radius 1 is 0.625 bits per heavy atom. The number of hydrogen-bond donors (Lipinski definition) is 0. The lowest BCUT2D eigenvalue weighted by atomic mass is 9.18. The van der Waals surface area contributed by atoms with Gasteiger partial charge in [0.05, 0.1) is 24.4 Å². The summed E-state index contributed by atoms with van der Waals surface area (Å²) < 4.78 is 27.1. The predicted molar refractivity (Wildman–Crippen MR) is 115 cm³/mol. The van der Waals surface area contributed by atoms with Gasteiger partial charge in [0.2, 0.25) is 0 Å². The summed E-state index contributed by atoms with van der Waals surface area (Å²) in [5.41, 5.74) is 2.96. The zero-order valence-electron chi connectivity index (χ0n) is 20.5. The van der Waals surface area contributed by atoms with Gasteiger partial charge >= 0.3 is 0 Å². The van der Waals surface area contributed by atoms with Crippen molar-refractivity contribution in [3.05, 3.63) is 0 Å². The number of rotatable bonds is 0. The summed E-state index contributed by atoms with van der Waals surface area (Å²) in [6.45, 7) is 14.0. The van der Waals surface area contributed by atoms with E-state index in [0.717, 1.165) is 5.92 Å². The maximum atomic E-state index is 6.80. The van der Waals surface area contributed by atoms with E-state index >= 15 is 0 Å². The molecule has 11 rings (SSSR count). The topological polar surface area (TPSA) is 36.9 Å². The van der Waals surface area contributed by atoms with Crippen molar-refractivity contribution in [3.63, 3.8) is 0 Å². The summed E-state index contributed by atoms with van der Waals surface area (Å²) in [6.07, 6.45) is 9.68. The molecule has 12 atom stereocenters. The molecule has 174 valence electrons. The molecule has 11 aliphatic rings. The summed E-state index contributed by atoms with van der Waals surface area (Å²) in [5.74, 6) is 1.96. The lowest BCUT2D eigenvalue weighted by Crippen LogP contribution is -2.85. The first-order valence-corrected chi connectivity index (χ1v) is 13.6. The van der Waals surface area contributed by atoms with Gasteiger partial charge in [0.1, 0.15) is 0 Å². The van der Waals surface area contributed by atoms with Crippen LogP contribution in [-0.4, -0.2) is 36.0 Å². The lowest BCUT2D eigenvalue weighted by molar-refractivity contribution is -0.405. The van der Waals surface area contributed by atoms with E-state index < -0.39 is 11.6 Å². The molecule has 11 fully saturated rings. The average molecular weight is 439 g/mol. The second kappa shape index (κ2) is 4.10. The minimum atomic E-state index is -0.434. The maximum Gasteiger partial charge on any atom is 0.163 e. The Bertz CT molecular complexity index is 1000. The van der Waals surface area contributed by atoms with Gasteiger partial charge in [-0.1, -0.05) is 13.8 Å². The van der Waals surface area contributed by atoms with E-state index in [1.165, 1.54) is 38.5 Å². The van der Waals surface area contributed by atoms with Crippen LogP contribution in [0.15, 0.2) is 0 Å². The van der Waals surface area contributed by atoms with E-state index in [1.54, 1.807) is 0 Å². The van der Waals surface area contributed by atoms with Crippen molar-refractivity contribution in [1.82, 2.24) is 0 Å². The van der Waals surface area contributed by atoms with Crippen LogP contribution in [0.4, 0.5) is 0 Å². The molecule has 0 radical (unpaired) electrons. The molecule has 12 unspecified atom stereocenters. The predicted octanol–water partition coefficient (Wildman–Crippen LogP) is 4.90. The zero-order valence-corrected chi connectivity index (χ0v) is 20.5. The second-order valence-corrected chi connectivity index (χ2v) is 15.8. The van der Waals surface area contributed by atoms with Crippen molar-refractivity contribution >= 4 is 0 Å². The molecule has 0 amide bonds. The molecule has 9 aliphatic carbocycles. The largest absolute Gasteiger partial charge is 0.345 e. The Morgan fingerprint density at radius 2 is 1.19 bits per heavy atom. The van der Waals surface area contributed by atoms with Gasteiger partial charge in [0.15, 0.2) is 11.6 Å². The van der Waals surface area contributed by atoms with E-state index in [2.05, 4.69) is 41.5 Å². The Hall–Kier alpha value is -0.160. The minimum absolute atomic E-state index is 0.279. The van der Waals surface area contributed by atoms with E-state index in [0.29, 0.717) is 68.6 Å². The van der Waals surface area contributed by atoms with Crippen LogP contribution in [0.3, 0.4) is 0 Å². The molecule has 2 saturated heterocycles. The second-order valence-electron chi connectivity index (χ2n) is 15.8. The van der Waals surface area contributed by atoms with Gasteiger partial charge in [0.25, 0.3) is 0 Å². The summed E-state index contributed by atoms with van der Waals surface area (Å²) >= 11 is 0. The van der Waals surface area contributed by atoms with E-state index in [-0.39, 0.29) is 6.10 Å². The SMILES string of the molecule is CC1(C)OC2CC34C5C6CC(C2O1)C3(C6C1OC(C)(C)OC15)C12CC3(C)CC14CC3(C)C2. The Morgan fingerprint density at radius 3 is 1.88 bits per heavy atom. The highest BCUT2D eigenvalue weighted by Gasteiger charge is 3.07. The van der Waals surface area contributed by atoms with Crippen LogP contribution in [0.5, 0.6) is 0 Å². The van der Waals surface area contributed by atoms with Gasteiger partial charge in [0, 0.05) is 0 Å². The molecular formula is C28H38O4. The molecule has 4 heteroatoms. The first-order chi connectivity index (χ1) is 14.9. The van der Waals surface area contributed by atoms with E-state index in [4.69, 9.17) is 18.9 Å². The highest BCUT2D eigenvalue weighted by atomic mass is 16.8. The van der Waals surface area contributed by atoms with Crippen molar-refractivity contribution in [2.75, 3.05) is 0 Å². The third kappa shape index (κ3) is 1.20. The van der Waals surface area contributed by atoms with Crippen LogP contribution >= 0.6 is 0 Å². The Balaban J connectivity index is 1.26.